The van der Waals surface area contributed by atoms with Gasteiger partial charge in [-0.1, -0.05) is 36.4 Å². The molecule has 2 amide bonds. The van der Waals surface area contributed by atoms with Crippen LogP contribution < -0.4 is 19.5 Å². The van der Waals surface area contributed by atoms with E-state index in [0.29, 0.717) is 36.8 Å². The number of benzene rings is 3. The molecule has 8 heteroatoms. The molecule has 4 aromatic rings. The largest absolute Gasteiger partial charge is 0.497 e. The minimum absolute atomic E-state index is 0.0939. The van der Waals surface area contributed by atoms with Crippen LogP contribution in [-0.2, 0) is 22.6 Å². The number of hydrogen-bond donors (Lipinski definition) is 2. The van der Waals surface area contributed by atoms with Crippen LogP contribution in [0.4, 0.5) is 0 Å². The molecule has 2 N–H and O–H groups in total. The minimum Gasteiger partial charge on any atom is -0.497 e. The first-order valence-corrected chi connectivity index (χ1v) is 12.5. The zero-order valence-electron chi connectivity index (χ0n) is 21.9. The van der Waals surface area contributed by atoms with Crippen molar-refractivity contribution in [2.24, 2.45) is 0 Å². The van der Waals surface area contributed by atoms with E-state index >= 15 is 0 Å². The van der Waals surface area contributed by atoms with Gasteiger partial charge in [-0.05, 0) is 48.4 Å². The third-order valence-corrected chi connectivity index (χ3v) is 6.38. The molecule has 0 saturated carbocycles. The van der Waals surface area contributed by atoms with Crippen LogP contribution >= 0.6 is 0 Å². The van der Waals surface area contributed by atoms with E-state index in [4.69, 9.17) is 14.2 Å². The quantitative estimate of drug-likeness (QED) is 0.293. The van der Waals surface area contributed by atoms with E-state index in [1.165, 1.54) is 6.92 Å². The topological polar surface area (TPSA) is 92.9 Å². The van der Waals surface area contributed by atoms with Crippen LogP contribution in [0.25, 0.3) is 10.9 Å². The Kier molecular flexibility index (Phi) is 8.87. The number of carbonyl (C=O) groups is 2. The molecule has 0 spiro atoms. The molecule has 38 heavy (non-hydrogen) atoms. The normalized spacial score (nSPS) is 11.6. The highest BCUT2D eigenvalue weighted by Crippen LogP contribution is 2.22. The Bertz CT molecular complexity index is 1370. The van der Waals surface area contributed by atoms with Gasteiger partial charge in [0.1, 0.15) is 17.2 Å². The number of nitrogens with zero attached hydrogens (tertiary/aromatic N) is 1. The maximum Gasteiger partial charge on any atom is 0.258 e. The second-order valence-electron chi connectivity index (χ2n) is 9.00. The van der Waals surface area contributed by atoms with E-state index in [1.54, 1.807) is 43.4 Å². The average molecular weight is 516 g/mol. The lowest BCUT2D eigenvalue weighted by molar-refractivity contribution is -0.131. The fourth-order valence-electron chi connectivity index (χ4n) is 4.43. The molecule has 4 rings (SSSR count). The molecule has 0 aliphatic carbocycles. The second-order valence-corrected chi connectivity index (χ2v) is 9.00. The van der Waals surface area contributed by atoms with Crippen molar-refractivity contribution in [2.75, 3.05) is 27.4 Å². The zero-order valence-corrected chi connectivity index (χ0v) is 21.9. The van der Waals surface area contributed by atoms with E-state index in [2.05, 4.69) is 10.3 Å². The molecule has 1 heterocycles. The van der Waals surface area contributed by atoms with E-state index in [9.17, 15) is 9.59 Å². The predicted octanol–water partition coefficient (Wildman–Crippen LogP) is 4.34. The summed E-state index contributed by atoms with van der Waals surface area (Å²) in [7, 11) is 3.20. The SMILES string of the molecule is COc1ccc(OCC(=O)N[C@H](Cc2c[nH]c3ccccc23)CN(Cc2ccccc2OC)C(C)=O)cc1. The second kappa shape index (κ2) is 12.7. The van der Waals surface area contributed by atoms with Gasteiger partial charge < -0.3 is 29.4 Å². The Labute approximate surface area is 222 Å². The minimum atomic E-state index is -0.347. The molecule has 3 aromatic carbocycles. The average Bonchev–Trinajstić information content (AvgIpc) is 3.34. The van der Waals surface area contributed by atoms with Gasteiger partial charge in [-0.3, -0.25) is 9.59 Å². The Morgan fingerprint density at radius 2 is 1.61 bits per heavy atom. The van der Waals surface area contributed by atoms with Gasteiger partial charge in [0.25, 0.3) is 5.91 Å². The first kappa shape index (κ1) is 26.6. The van der Waals surface area contributed by atoms with Crippen molar-refractivity contribution in [2.45, 2.75) is 25.9 Å². The number of nitrogens with one attached hydrogen (secondary N) is 2. The summed E-state index contributed by atoms with van der Waals surface area (Å²) in [5.74, 6) is 1.62. The first-order chi connectivity index (χ1) is 18.5. The number of rotatable bonds is 12. The fourth-order valence-corrected chi connectivity index (χ4v) is 4.43. The number of para-hydroxylation sites is 2. The summed E-state index contributed by atoms with van der Waals surface area (Å²) in [5.41, 5.74) is 2.97. The van der Waals surface area contributed by atoms with E-state index < -0.39 is 0 Å². The number of fused-ring (bicyclic) bond motifs is 1. The van der Waals surface area contributed by atoms with Crippen molar-refractivity contribution >= 4 is 22.7 Å². The van der Waals surface area contributed by atoms with Crippen LogP contribution in [0, 0.1) is 0 Å². The number of hydrogen-bond acceptors (Lipinski definition) is 5. The van der Waals surface area contributed by atoms with Crippen LogP contribution in [-0.4, -0.2) is 55.1 Å². The van der Waals surface area contributed by atoms with Gasteiger partial charge in [-0.15, -0.1) is 0 Å². The number of methoxy groups -OCH3 is 2. The third kappa shape index (κ3) is 6.85. The van der Waals surface area contributed by atoms with Gasteiger partial charge in [-0.2, -0.15) is 0 Å². The lowest BCUT2D eigenvalue weighted by Gasteiger charge is -2.28. The first-order valence-electron chi connectivity index (χ1n) is 12.5. The van der Waals surface area contributed by atoms with Crippen LogP contribution in [0.3, 0.4) is 0 Å². The monoisotopic (exact) mass is 515 g/mol. The molecule has 198 valence electrons. The molecular formula is C30H33N3O5. The summed E-state index contributed by atoms with van der Waals surface area (Å²) in [6.45, 7) is 2.07. The molecule has 0 bridgehead atoms. The van der Waals surface area contributed by atoms with Crippen molar-refractivity contribution in [3.05, 3.63) is 90.1 Å². The maximum atomic E-state index is 13.0. The van der Waals surface area contributed by atoms with Gasteiger partial charge in [-0.25, -0.2) is 0 Å². The molecule has 0 unspecified atom stereocenters. The van der Waals surface area contributed by atoms with E-state index in [0.717, 1.165) is 22.0 Å². The molecule has 1 aromatic heterocycles. The standard InChI is InChI=1S/C30H33N3O5/c1-21(34)33(18-22-8-4-7-11-29(22)37-3)19-24(16-23-17-31-28-10-6-5-9-27(23)28)32-30(35)20-38-26-14-12-25(36-2)13-15-26/h4-15,17,24,31H,16,18-20H2,1-3H3,(H,32,35)/t24-/m1/s1. The maximum absolute atomic E-state index is 13.0. The van der Waals surface area contributed by atoms with Crippen molar-refractivity contribution in [3.63, 3.8) is 0 Å². The molecule has 0 saturated heterocycles. The van der Waals surface area contributed by atoms with Crippen LogP contribution in [0.15, 0.2) is 79.0 Å². The smallest absolute Gasteiger partial charge is 0.258 e. The predicted molar refractivity (Wildman–Crippen MR) is 147 cm³/mol. The fraction of sp³-hybridized carbons (Fsp3) is 0.267. The number of aromatic amines is 1. The molecule has 0 radical (unpaired) electrons. The lowest BCUT2D eigenvalue weighted by Crippen LogP contribution is -2.47. The van der Waals surface area contributed by atoms with Gasteiger partial charge >= 0.3 is 0 Å². The Balaban J connectivity index is 1.50. The highest BCUT2D eigenvalue weighted by molar-refractivity contribution is 5.83. The van der Waals surface area contributed by atoms with Crippen molar-refractivity contribution in [1.82, 2.24) is 15.2 Å². The highest BCUT2D eigenvalue weighted by Gasteiger charge is 2.22. The number of H-pyrrole nitrogens is 1. The molecule has 0 aliphatic heterocycles. The van der Waals surface area contributed by atoms with Gasteiger partial charge in [0.05, 0.1) is 20.3 Å². The van der Waals surface area contributed by atoms with Crippen molar-refractivity contribution in [1.29, 1.82) is 0 Å². The molecule has 0 aliphatic rings. The molecule has 1 atom stereocenters. The van der Waals surface area contributed by atoms with E-state index in [1.807, 2.05) is 54.7 Å². The summed E-state index contributed by atoms with van der Waals surface area (Å²) in [4.78, 5) is 30.7. The van der Waals surface area contributed by atoms with Crippen molar-refractivity contribution < 1.29 is 23.8 Å². The summed E-state index contributed by atoms with van der Waals surface area (Å²) in [6, 6.07) is 22.3. The Morgan fingerprint density at radius 1 is 0.895 bits per heavy atom. The van der Waals surface area contributed by atoms with E-state index in [-0.39, 0.29) is 24.5 Å². The van der Waals surface area contributed by atoms with Gasteiger partial charge in [0.15, 0.2) is 6.61 Å². The summed E-state index contributed by atoms with van der Waals surface area (Å²) < 4.78 is 16.3. The van der Waals surface area contributed by atoms with Crippen molar-refractivity contribution in [3.8, 4) is 17.2 Å². The Morgan fingerprint density at radius 3 is 2.34 bits per heavy atom. The van der Waals surface area contributed by atoms with Crippen LogP contribution in [0.1, 0.15) is 18.1 Å². The number of aromatic nitrogens is 1. The van der Waals surface area contributed by atoms with Crippen LogP contribution in [0.2, 0.25) is 0 Å². The molecule has 0 fully saturated rings. The molecule has 8 nitrogen and oxygen atoms in total. The third-order valence-electron chi connectivity index (χ3n) is 6.38. The zero-order chi connectivity index (χ0) is 26.9. The van der Waals surface area contributed by atoms with Crippen LogP contribution in [0.5, 0.6) is 17.2 Å². The highest BCUT2D eigenvalue weighted by atomic mass is 16.5. The van der Waals surface area contributed by atoms with Gasteiger partial charge in [0, 0.05) is 42.7 Å². The molecular weight excluding hydrogens is 482 g/mol. The number of carbonyl (C=O) groups excluding carboxylic acids is 2. The number of amides is 2. The van der Waals surface area contributed by atoms with Gasteiger partial charge in [0.2, 0.25) is 5.91 Å². The summed E-state index contributed by atoms with van der Waals surface area (Å²) >= 11 is 0. The lowest BCUT2D eigenvalue weighted by atomic mass is 10.0. The number of ether oxygens (including phenoxy) is 3. The Hall–Kier alpha value is -4.46. The summed E-state index contributed by atoms with van der Waals surface area (Å²) in [5, 5.41) is 4.17. The summed E-state index contributed by atoms with van der Waals surface area (Å²) in [6.07, 6.45) is 2.49.